The Balaban J connectivity index is 1.71. The lowest BCUT2D eigenvalue weighted by Crippen LogP contribution is -2.19. The lowest BCUT2D eigenvalue weighted by molar-refractivity contribution is 0.155. The maximum absolute atomic E-state index is 6.11. The van der Waals surface area contributed by atoms with Gasteiger partial charge in [0.15, 0.2) is 0 Å². The highest BCUT2D eigenvalue weighted by Gasteiger charge is 2.15. The van der Waals surface area contributed by atoms with Crippen molar-refractivity contribution in [3.8, 4) is 16.9 Å². The molecule has 1 aromatic carbocycles. The smallest absolute Gasteiger partial charge is 0.119 e. The summed E-state index contributed by atoms with van der Waals surface area (Å²) >= 11 is 0. The second-order valence-corrected chi connectivity index (χ2v) is 6.40. The third-order valence-electron chi connectivity index (χ3n) is 4.58. The van der Waals surface area contributed by atoms with Gasteiger partial charge in [0.05, 0.1) is 18.0 Å². The summed E-state index contributed by atoms with van der Waals surface area (Å²) in [6.07, 6.45) is 11.8. The Labute approximate surface area is 139 Å². The van der Waals surface area contributed by atoms with Crippen LogP contribution in [0.25, 0.3) is 11.1 Å². The van der Waals surface area contributed by atoms with Gasteiger partial charge < -0.3 is 4.74 Å². The largest absolute Gasteiger partial charge is 0.490 e. The summed E-state index contributed by atoms with van der Waals surface area (Å²) in [5.41, 5.74) is 3.48. The predicted molar refractivity (Wildman–Crippen MR) is 93.6 cm³/mol. The van der Waals surface area contributed by atoms with Crippen LogP contribution in [0.3, 0.4) is 0 Å². The molecule has 122 valence electrons. The second kappa shape index (κ2) is 8.09. The van der Waals surface area contributed by atoms with E-state index in [4.69, 9.17) is 4.74 Å². The van der Waals surface area contributed by atoms with Gasteiger partial charge in [-0.3, -0.25) is 0 Å². The molecule has 1 aliphatic carbocycles. The Morgan fingerprint density at radius 3 is 2.57 bits per heavy atom. The van der Waals surface area contributed by atoms with Crippen LogP contribution in [0.4, 0.5) is 0 Å². The fraction of sp³-hybridized carbons (Fsp3) is 0.500. The van der Waals surface area contributed by atoms with Crippen molar-refractivity contribution in [1.29, 1.82) is 0 Å². The number of nitrogens with zero attached hydrogens (tertiary/aromatic N) is 2. The van der Waals surface area contributed by atoms with E-state index < -0.39 is 0 Å². The molecule has 3 nitrogen and oxygen atoms in total. The minimum Gasteiger partial charge on any atom is -0.490 e. The van der Waals surface area contributed by atoms with Crippen molar-refractivity contribution in [2.45, 2.75) is 64.4 Å². The predicted octanol–water partition coefficient (Wildman–Crippen LogP) is 5.20. The zero-order chi connectivity index (χ0) is 15.9. The Morgan fingerprint density at radius 1 is 1.04 bits per heavy atom. The summed E-state index contributed by atoms with van der Waals surface area (Å²) in [5.74, 6) is 0.984. The monoisotopic (exact) mass is 310 g/mol. The molecule has 0 aliphatic heterocycles. The summed E-state index contributed by atoms with van der Waals surface area (Å²) in [5, 5.41) is 8.37. The van der Waals surface area contributed by atoms with Gasteiger partial charge in [0, 0.05) is 5.56 Å². The first-order chi connectivity index (χ1) is 11.4. The van der Waals surface area contributed by atoms with Crippen LogP contribution in [0, 0.1) is 0 Å². The molecule has 3 heteroatoms. The average Bonchev–Trinajstić information content (AvgIpc) is 2.62. The number of hydrogen-bond acceptors (Lipinski definition) is 3. The number of aryl methyl sites for hydroxylation is 1. The summed E-state index contributed by atoms with van der Waals surface area (Å²) in [6.45, 7) is 2.20. The fourth-order valence-electron chi connectivity index (χ4n) is 3.24. The highest BCUT2D eigenvalue weighted by atomic mass is 16.5. The molecule has 23 heavy (non-hydrogen) atoms. The lowest BCUT2D eigenvalue weighted by Gasteiger charge is -2.23. The average molecular weight is 310 g/mol. The molecule has 3 rings (SSSR count). The summed E-state index contributed by atoms with van der Waals surface area (Å²) in [4.78, 5) is 0. The molecule has 0 N–H and O–H groups in total. The fourth-order valence-corrected chi connectivity index (χ4v) is 3.24. The van der Waals surface area contributed by atoms with E-state index in [0.717, 1.165) is 24.3 Å². The lowest BCUT2D eigenvalue weighted by atomic mass is 9.97. The molecule has 0 unspecified atom stereocenters. The molecule has 0 saturated heterocycles. The number of ether oxygens (including phenoxy) is 1. The maximum atomic E-state index is 6.11. The summed E-state index contributed by atoms with van der Waals surface area (Å²) in [6, 6.07) is 10.5. The van der Waals surface area contributed by atoms with E-state index in [0.29, 0.717) is 6.10 Å². The first-order valence-electron chi connectivity index (χ1n) is 8.94. The molecule has 2 aromatic rings. The number of aromatic nitrogens is 2. The zero-order valence-electron chi connectivity index (χ0n) is 14.0. The molecular weight excluding hydrogens is 284 g/mol. The quantitative estimate of drug-likeness (QED) is 0.735. The van der Waals surface area contributed by atoms with Crippen molar-refractivity contribution < 1.29 is 4.74 Å². The minimum absolute atomic E-state index is 0.400. The standard InChI is InChI=1S/C20H26N2O/c1-2-3-9-20-19(14-15-21-22-20)16-10-12-18(13-11-16)23-17-7-5-4-6-8-17/h10-15,17H,2-9H2,1H3. The van der Waals surface area contributed by atoms with Gasteiger partial charge in [0.1, 0.15) is 5.75 Å². The minimum atomic E-state index is 0.400. The van der Waals surface area contributed by atoms with Crippen LogP contribution in [0.15, 0.2) is 36.5 Å². The first-order valence-corrected chi connectivity index (χ1v) is 8.94. The number of hydrogen-bond donors (Lipinski definition) is 0. The van der Waals surface area contributed by atoms with Gasteiger partial charge in [-0.15, -0.1) is 0 Å². The van der Waals surface area contributed by atoms with Gasteiger partial charge in [-0.05, 0) is 62.3 Å². The molecule has 0 atom stereocenters. The van der Waals surface area contributed by atoms with Crippen molar-refractivity contribution >= 4 is 0 Å². The molecule has 0 amide bonds. The SMILES string of the molecule is CCCCc1nnccc1-c1ccc(OC2CCCCC2)cc1. The second-order valence-electron chi connectivity index (χ2n) is 6.40. The van der Waals surface area contributed by atoms with Crippen LogP contribution in [0.2, 0.25) is 0 Å². The van der Waals surface area contributed by atoms with Gasteiger partial charge in [0.2, 0.25) is 0 Å². The normalized spacial score (nSPS) is 15.5. The van der Waals surface area contributed by atoms with Crippen molar-refractivity contribution in [3.63, 3.8) is 0 Å². The van der Waals surface area contributed by atoms with Crippen LogP contribution in [-0.4, -0.2) is 16.3 Å². The molecule has 1 heterocycles. The third kappa shape index (κ3) is 4.31. The molecule has 0 spiro atoms. The molecular formula is C20H26N2O. The van der Waals surface area contributed by atoms with Crippen molar-refractivity contribution in [2.24, 2.45) is 0 Å². The van der Waals surface area contributed by atoms with Crippen molar-refractivity contribution in [3.05, 3.63) is 42.2 Å². The van der Waals surface area contributed by atoms with Gasteiger partial charge in [-0.2, -0.15) is 10.2 Å². The Kier molecular flexibility index (Phi) is 5.62. The summed E-state index contributed by atoms with van der Waals surface area (Å²) < 4.78 is 6.11. The Hall–Kier alpha value is -1.90. The van der Waals surface area contributed by atoms with Crippen molar-refractivity contribution in [2.75, 3.05) is 0 Å². The first kappa shape index (κ1) is 16.0. The van der Waals surface area contributed by atoms with Crippen molar-refractivity contribution in [1.82, 2.24) is 10.2 Å². The Morgan fingerprint density at radius 2 is 1.83 bits per heavy atom. The Bertz CT molecular complexity index is 603. The number of unbranched alkanes of at least 4 members (excludes halogenated alkanes) is 1. The number of rotatable bonds is 6. The van der Waals surface area contributed by atoms with E-state index >= 15 is 0 Å². The van der Waals surface area contributed by atoms with Gasteiger partial charge in [-0.1, -0.05) is 31.9 Å². The van der Waals surface area contributed by atoms with Gasteiger partial charge >= 0.3 is 0 Å². The zero-order valence-corrected chi connectivity index (χ0v) is 14.0. The highest BCUT2D eigenvalue weighted by Crippen LogP contribution is 2.27. The van der Waals surface area contributed by atoms with E-state index in [9.17, 15) is 0 Å². The topological polar surface area (TPSA) is 35.0 Å². The highest BCUT2D eigenvalue weighted by molar-refractivity contribution is 5.66. The molecule has 0 radical (unpaired) electrons. The number of benzene rings is 1. The molecule has 0 bridgehead atoms. The van der Waals surface area contributed by atoms with Crippen LogP contribution < -0.4 is 4.74 Å². The maximum Gasteiger partial charge on any atom is 0.119 e. The van der Waals surface area contributed by atoms with E-state index in [2.05, 4.69) is 47.5 Å². The molecule has 1 saturated carbocycles. The van der Waals surface area contributed by atoms with Crippen LogP contribution in [-0.2, 0) is 6.42 Å². The molecule has 1 fully saturated rings. The van der Waals surface area contributed by atoms with Crippen LogP contribution in [0.1, 0.15) is 57.6 Å². The summed E-state index contributed by atoms with van der Waals surface area (Å²) in [7, 11) is 0. The van der Waals surface area contributed by atoms with E-state index in [1.54, 1.807) is 6.20 Å². The molecule has 1 aliphatic rings. The van der Waals surface area contributed by atoms with E-state index in [1.807, 2.05) is 0 Å². The van der Waals surface area contributed by atoms with Gasteiger partial charge in [-0.25, -0.2) is 0 Å². The third-order valence-corrected chi connectivity index (χ3v) is 4.58. The molecule has 1 aromatic heterocycles. The van der Waals surface area contributed by atoms with Gasteiger partial charge in [0.25, 0.3) is 0 Å². The van der Waals surface area contributed by atoms with E-state index in [-0.39, 0.29) is 0 Å². The van der Waals surface area contributed by atoms with Crippen LogP contribution >= 0.6 is 0 Å². The van der Waals surface area contributed by atoms with Crippen LogP contribution in [0.5, 0.6) is 5.75 Å². The van der Waals surface area contributed by atoms with E-state index in [1.165, 1.54) is 49.7 Å².